The highest BCUT2D eigenvalue weighted by atomic mass is 19.1. The second-order valence-electron chi connectivity index (χ2n) is 4.25. The summed E-state index contributed by atoms with van der Waals surface area (Å²) in [5.74, 6) is -1.98. The van der Waals surface area contributed by atoms with E-state index in [1.54, 1.807) is 13.8 Å². The first-order valence-electron chi connectivity index (χ1n) is 5.63. The molecular weight excluding hydrogens is 239 g/mol. The second kappa shape index (κ2) is 5.71. The third kappa shape index (κ3) is 3.12. The Hall–Kier alpha value is -1.78. The van der Waals surface area contributed by atoms with Crippen LogP contribution in [0.25, 0.3) is 0 Å². The number of methoxy groups -OCH3 is 1. The number of hydrogen-bond donors (Lipinski definition) is 1. The Morgan fingerprint density at radius 2 is 1.94 bits per heavy atom. The molecule has 1 aromatic rings. The summed E-state index contributed by atoms with van der Waals surface area (Å²) in [6.07, 6.45) is -0.163. The minimum Gasteiger partial charge on any atom is -0.493 e. The molecule has 4 nitrogen and oxygen atoms in total. The molecule has 0 saturated heterocycles. The Labute approximate surface area is 105 Å². The summed E-state index contributed by atoms with van der Waals surface area (Å²) in [5.41, 5.74) is 0.271. The van der Waals surface area contributed by atoms with Gasteiger partial charge in [-0.15, -0.1) is 0 Å². The van der Waals surface area contributed by atoms with Crippen molar-refractivity contribution >= 4 is 5.97 Å². The van der Waals surface area contributed by atoms with Crippen molar-refractivity contribution in [1.82, 2.24) is 0 Å². The van der Waals surface area contributed by atoms with Gasteiger partial charge in [-0.25, -0.2) is 4.39 Å². The molecule has 1 aromatic carbocycles. The minimum absolute atomic E-state index is 0.163. The van der Waals surface area contributed by atoms with Crippen LogP contribution in [0.1, 0.15) is 32.3 Å². The van der Waals surface area contributed by atoms with Gasteiger partial charge in [-0.05, 0) is 26.8 Å². The molecule has 1 N–H and O–H groups in total. The van der Waals surface area contributed by atoms with Gasteiger partial charge in [0, 0.05) is 11.6 Å². The number of carboxylic acids is 1. The van der Waals surface area contributed by atoms with Gasteiger partial charge in [-0.2, -0.15) is 0 Å². The molecule has 0 radical (unpaired) electrons. The van der Waals surface area contributed by atoms with E-state index in [1.807, 2.05) is 0 Å². The molecule has 100 valence electrons. The lowest BCUT2D eigenvalue weighted by Gasteiger charge is -2.19. The Morgan fingerprint density at radius 3 is 2.39 bits per heavy atom. The number of aliphatic carboxylic acids is 1. The zero-order chi connectivity index (χ0) is 13.9. The number of rotatable bonds is 5. The van der Waals surface area contributed by atoms with E-state index in [1.165, 1.54) is 26.2 Å². The van der Waals surface area contributed by atoms with E-state index >= 15 is 0 Å². The number of hydrogen-bond acceptors (Lipinski definition) is 3. The van der Waals surface area contributed by atoms with E-state index in [4.69, 9.17) is 14.6 Å². The van der Waals surface area contributed by atoms with Gasteiger partial charge in [-0.1, -0.05) is 0 Å². The van der Waals surface area contributed by atoms with Gasteiger partial charge < -0.3 is 14.6 Å². The standard InChI is InChI=1S/C13H17FO4/c1-7(2)18-12-10(8(3)13(15)16)5-9(14)6-11(12)17-4/h5-8H,1-4H3,(H,15,16). The van der Waals surface area contributed by atoms with Gasteiger partial charge in [-0.3, -0.25) is 4.79 Å². The third-order valence-corrected chi connectivity index (χ3v) is 2.46. The van der Waals surface area contributed by atoms with Crippen LogP contribution in [0.5, 0.6) is 11.5 Å². The molecule has 0 bridgehead atoms. The first-order chi connectivity index (χ1) is 8.36. The van der Waals surface area contributed by atoms with Crippen molar-refractivity contribution in [2.45, 2.75) is 32.8 Å². The number of benzene rings is 1. The molecule has 1 rings (SSSR count). The molecule has 0 saturated carbocycles. The van der Waals surface area contributed by atoms with E-state index < -0.39 is 17.7 Å². The maximum Gasteiger partial charge on any atom is 0.310 e. The smallest absolute Gasteiger partial charge is 0.310 e. The molecular formula is C13H17FO4. The second-order valence-corrected chi connectivity index (χ2v) is 4.25. The first kappa shape index (κ1) is 14.3. The molecule has 5 heteroatoms. The third-order valence-electron chi connectivity index (χ3n) is 2.46. The average molecular weight is 256 g/mol. The zero-order valence-corrected chi connectivity index (χ0v) is 10.9. The Balaban J connectivity index is 3.36. The van der Waals surface area contributed by atoms with Crippen LogP contribution in [0, 0.1) is 5.82 Å². The lowest BCUT2D eigenvalue weighted by Crippen LogP contribution is -2.14. The maximum absolute atomic E-state index is 13.4. The predicted octanol–water partition coefficient (Wildman–Crippen LogP) is 2.81. The van der Waals surface area contributed by atoms with Crippen molar-refractivity contribution in [1.29, 1.82) is 0 Å². The molecule has 1 atom stereocenters. The van der Waals surface area contributed by atoms with Crippen molar-refractivity contribution in [2.24, 2.45) is 0 Å². The lowest BCUT2D eigenvalue weighted by atomic mass is 9.99. The van der Waals surface area contributed by atoms with E-state index in [-0.39, 0.29) is 23.2 Å². The van der Waals surface area contributed by atoms with Gasteiger partial charge in [0.1, 0.15) is 5.82 Å². The monoisotopic (exact) mass is 256 g/mol. The van der Waals surface area contributed by atoms with Crippen molar-refractivity contribution in [3.8, 4) is 11.5 Å². The minimum atomic E-state index is -1.05. The van der Waals surface area contributed by atoms with Crippen molar-refractivity contribution in [3.63, 3.8) is 0 Å². The van der Waals surface area contributed by atoms with Crippen LogP contribution in [-0.2, 0) is 4.79 Å². The largest absolute Gasteiger partial charge is 0.493 e. The molecule has 0 aromatic heterocycles. The van der Waals surface area contributed by atoms with Crippen molar-refractivity contribution in [2.75, 3.05) is 7.11 Å². The summed E-state index contributed by atoms with van der Waals surface area (Å²) in [6.45, 7) is 5.08. The number of carbonyl (C=O) groups is 1. The molecule has 0 aliphatic heterocycles. The van der Waals surface area contributed by atoms with Crippen LogP contribution in [0.4, 0.5) is 4.39 Å². The van der Waals surface area contributed by atoms with Crippen LogP contribution in [0.3, 0.4) is 0 Å². The first-order valence-corrected chi connectivity index (χ1v) is 5.63. The van der Waals surface area contributed by atoms with E-state index in [2.05, 4.69) is 0 Å². The molecule has 1 unspecified atom stereocenters. The Kier molecular flexibility index (Phi) is 4.53. The van der Waals surface area contributed by atoms with E-state index in [9.17, 15) is 9.18 Å². The normalized spacial score (nSPS) is 12.3. The SMILES string of the molecule is COc1cc(F)cc(C(C)C(=O)O)c1OC(C)C. The van der Waals surface area contributed by atoms with Gasteiger partial charge in [0.2, 0.25) is 0 Å². The van der Waals surface area contributed by atoms with Crippen molar-refractivity contribution in [3.05, 3.63) is 23.5 Å². The van der Waals surface area contributed by atoms with E-state index in [0.29, 0.717) is 0 Å². The van der Waals surface area contributed by atoms with Crippen LogP contribution in [-0.4, -0.2) is 24.3 Å². The molecule has 0 spiro atoms. The highest BCUT2D eigenvalue weighted by Crippen LogP contribution is 2.37. The number of ether oxygens (including phenoxy) is 2. The van der Waals surface area contributed by atoms with Gasteiger partial charge in [0.05, 0.1) is 19.1 Å². The predicted molar refractivity (Wildman–Crippen MR) is 64.8 cm³/mol. The average Bonchev–Trinajstić information content (AvgIpc) is 2.29. The summed E-state index contributed by atoms with van der Waals surface area (Å²) in [5, 5.41) is 9.03. The van der Waals surface area contributed by atoms with Crippen LogP contribution in [0.15, 0.2) is 12.1 Å². The molecule has 18 heavy (non-hydrogen) atoms. The van der Waals surface area contributed by atoms with Gasteiger partial charge in [0.25, 0.3) is 0 Å². The lowest BCUT2D eigenvalue weighted by molar-refractivity contribution is -0.138. The fourth-order valence-electron chi connectivity index (χ4n) is 1.56. The molecule has 0 amide bonds. The maximum atomic E-state index is 13.4. The van der Waals surface area contributed by atoms with Crippen LogP contribution >= 0.6 is 0 Å². The number of halogens is 1. The molecule has 0 fully saturated rings. The molecule has 0 heterocycles. The fourth-order valence-corrected chi connectivity index (χ4v) is 1.56. The Morgan fingerprint density at radius 1 is 1.33 bits per heavy atom. The highest BCUT2D eigenvalue weighted by molar-refractivity contribution is 5.77. The molecule has 0 aliphatic carbocycles. The summed E-state index contributed by atoms with van der Waals surface area (Å²) in [4.78, 5) is 11.0. The van der Waals surface area contributed by atoms with Crippen LogP contribution < -0.4 is 9.47 Å². The van der Waals surface area contributed by atoms with E-state index in [0.717, 1.165) is 0 Å². The highest BCUT2D eigenvalue weighted by Gasteiger charge is 2.23. The summed E-state index contributed by atoms with van der Waals surface area (Å²) in [7, 11) is 1.39. The Bertz CT molecular complexity index is 443. The van der Waals surface area contributed by atoms with Gasteiger partial charge in [0.15, 0.2) is 11.5 Å². The van der Waals surface area contributed by atoms with Gasteiger partial charge >= 0.3 is 5.97 Å². The van der Waals surface area contributed by atoms with Crippen LogP contribution in [0.2, 0.25) is 0 Å². The van der Waals surface area contributed by atoms with Crippen molar-refractivity contribution < 1.29 is 23.8 Å². The quantitative estimate of drug-likeness (QED) is 0.880. The fraction of sp³-hybridized carbons (Fsp3) is 0.462. The summed E-state index contributed by atoms with van der Waals surface area (Å²) >= 11 is 0. The summed E-state index contributed by atoms with van der Waals surface area (Å²) in [6, 6.07) is 2.34. The molecule has 0 aliphatic rings. The topological polar surface area (TPSA) is 55.8 Å². The zero-order valence-electron chi connectivity index (χ0n) is 10.9. The summed E-state index contributed by atoms with van der Waals surface area (Å²) < 4.78 is 24.0. The number of carboxylic acid groups (broad SMARTS) is 1.